The molecule has 0 spiro atoms. The Bertz CT molecular complexity index is 460. The molecule has 0 fully saturated rings. The summed E-state index contributed by atoms with van der Waals surface area (Å²) >= 11 is 0. The molecule has 19 heavy (non-hydrogen) atoms. The van der Waals surface area contributed by atoms with Gasteiger partial charge in [0.2, 0.25) is 5.91 Å². The van der Waals surface area contributed by atoms with E-state index in [1.807, 2.05) is 0 Å². The smallest absolute Gasteiger partial charge is 0.423 e. The third-order valence-corrected chi connectivity index (χ3v) is 2.21. The molecule has 6 heteroatoms. The second-order valence-electron chi connectivity index (χ2n) is 3.69. The van der Waals surface area contributed by atoms with Crippen LogP contribution in [0.25, 0.3) is 0 Å². The first-order chi connectivity index (χ1) is 9.13. The average molecular weight is 264 g/mol. The van der Waals surface area contributed by atoms with E-state index in [4.69, 9.17) is 9.84 Å². The molecular formula is C13H16N2O4. The number of carbonyl (C=O) groups excluding carboxylic acids is 1. The predicted molar refractivity (Wildman–Crippen MR) is 69.8 cm³/mol. The van der Waals surface area contributed by atoms with Crippen molar-refractivity contribution < 1.29 is 19.4 Å². The van der Waals surface area contributed by atoms with Crippen molar-refractivity contribution >= 4 is 12.0 Å². The standard InChI is InChI=1S/C13H16N2O4/c1-2-3-8-19-11-7-5-4-6-10(11)9-12(16)14-15-13(17)18/h2,4-7,15H,1,3,8-9H2,(H,14,16)(H,17,18). The van der Waals surface area contributed by atoms with Gasteiger partial charge in [-0.25, -0.2) is 10.2 Å². The van der Waals surface area contributed by atoms with Gasteiger partial charge in [0.25, 0.3) is 0 Å². The molecule has 0 aliphatic carbocycles. The molecular weight excluding hydrogens is 248 g/mol. The second-order valence-corrected chi connectivity index (χ2v) is 3.69. The van der Waals surface area contributed by atoms with Gasteiger partial charge in [-0.2, -0.15) is 0 Å². The van der Waals surface area contributed by atoms with Crippen LogP contribution in [0.4, 0.5) is 4.79 Å². The zero-order valence-electron chi connectivity index (χ0n) is 10.4. The van der Waals surface area contributed by atoms with Crippen LogP contribution < -0.4 is 15.6 Å². The minimum absolute atomic E-state index is 0.0323. The fourth-order valence-corrected chi connectivity index (χ4v) is 1.38. The van der Waals surface area contributed by atoms with Gasteiger partial charge < -0.3 is 9.84 Å². The van der Waals surface area contributed by atoms with Crippen molar-refractivity contribution in [2.45, 2.75) is 12.8 Å². The summed E-state index contributed by atoms with van der Waals surface area (Å²) in [5.41, 5.74) is 4.56. The molecule has 6 nitrogen and oxygen atoms in total. The van der Waals surface area contributed by atoms with Gasteiger partial charge in [0.05, 0.1) is 13.0 Å². The van der Waals surface area contributed by atoms with Crippen molar-refractivity contribution in [2.24, 2.45) is 0 Å². The number of benzene rings is 1. The summed E-state index contributed by atoms with van der Waals surface area (Å²) in [6.07, 6.45) is 1.17. The lowest BCUT2D eigenvalue weighted by Crippen LogP contribution is -2.41. The van der Waals surface area contributed by atoms with Crippen molar-refractivity contribution in [1.82, 2.24) is 10.9 Å². The van der Waals surface area contributed by atoms with Crippen LogP contribution in [-0.4, -0.2) is 23.7 Å². The number of ether oxygens (including phenoxy) is 1. The van der Waals surface area contributed by atoms with E-state index in [2.05, 4.69) is 12.0 Å². The highest BCUT2D eigenvalue weighted by atomic mass is 16.5. The highest BCUT2D eigenvalue weighted by Gasteiger charge is 2.09. The molecule has 102 valence electrons. The van der Waals surface area contributed by atoms with E-state index in [0.717, 1.165) is 0 Å². The first-order valence-electron chi connectivity index (χ1n) is 5.73. The zero-order chi connectivity index (χ0) is 14.1. The van der Waals surface area contributed by atoms with E-state index in [1.54, 1.807) is 35.8 Å². The Morgan fingerprint density at radius 3 is 2.74 bits per heavy atom. The Morgan fingerprint density at radius 1 is 1.32 bits per heavy atom. The normalized spacial score (nSPS) is 9.47. The molecule has 2 amide bonds. The molecule has 0 unspecified atom stereocenters. The fraction of sp³-hybridized carbons (Fsp3) is 0.231. The summed E-state index contributed by atoms with van der Waals surface area (Å²) in [5.74, 6) is 0.150. The van der Waals surface area contributed by atoms with Crippen LogP contribution in [-0.2, 0) is 11.2 Å². The van der Waals surface area contributed by atoms with Crippen molar-refractivity contribution in [3.8, 4) is 5.75 Å². The Balaban J connectivity index is 2.58. The molecule has 0 bridgehead atoms. The van der Waals surface area contributed by atoms with Crippen LogP contribution in [0, 0.1) is 0 Å². The van der Waals surface area contributed by atoms with E-state index >= 15 is 0 Å². The van der Waals surface area contributed by atoms with E-state index in [1.165, 1.54) is 0 Å². The highest BCUT2D eigenvalue weighted by molar-refractivity contribution is 5.81. The van der Waals surface area contributed by atoms with E-state index < -0.39 is 12.0 Å². The Hall–Kier alpha value is -2.50. The van der Waals surface area contributed by atoms with Gasteiger partial charge in [0.1, 0.15) is 5.75 Å². The monoisotopic (exact) mass is 264 g/mol. The molecule has 0 atom stereocenters. The predicted octanol–water partition coefficient (Wildman–Crippen LogP) is 1.48. The van der Waals surface area contributed by atoms with Gasteiger partial charge in [0, 0.05) is 5.56 Å². The number of hydrogen-bond donors (Lipinski definition) is 3. The second kappa shape index (κ2) is 7.75. The number of carbonyl (C=O) groups is 2. The molecule has 1 rings (SSSR count). The molecule has 1 aromatic carbocycles. The van der Waals surface area contributed by atoms with Crippen molar-refractivity contribution in [3.63, 3.8) is 0 Å². The number of para-hydroxylation sites is 1. The SMILES string of the molecule is C=CCCOc1ccccc1CC(=O)NNC(=O)O. The average Bonchev–Trinajstić information content (AvgIpc) is 2.39. The van der Waals surface area contributed by atoms with Crippen molar-refractivity contribution in [3.05, 3.63) is 42.5 Å². The number of carboxylic acid groups (broad SMARTS) is 1. The van der Waals surface area contributed by atoms with Gasteiger partial charge in [0.15, 0.2) is 0 Å². The van der Waals surface area contributed by atoms with Crippen LogP contribution in [0.2, 0.25) is 0 Å². The molecule has 0 aromatic heterocycles. The van der Waals surface area contributed by atoms with Crippen molar-refractivity contribution in [1.29, 1.82) is 0 Å². The number of amides is 2. The zero-order valence-corrected chi connectivity index (χ0v) is 10.4. The molecule has 0 aliphatic heterocycles. The summed E-state index contributed by atoms with van der Waals surface area (Å²) in [5, 5.41) is 8.37. The van der Waals surface area contributed by atoms with Gasteiger partial charge >= 0.3 is 6.09 Å². The molecule has 0 radical (unpaired) electrons. The Morgan fingerprint density at radius 2 is 2.05 bits per heavy atom. The lowest BCUT2D eigenvalue weighted by Gasteiger charge is -2.10. The quantitative estimate of drug-likeness (QED) is 0.412. The topological polar surface area (TPSA) is 87.7 Å². The van der Waals surface area contributed by atoms with Crippen molar-refractivity contribution in [2.75, 3.05) is 6.61 Å². The van der Waals surface area contributed by atoms with E-state index in [0.29, 0.717) is 24.3 Å². The molecule has 0 heterocycles. The molecule has 0 saturated carbocycles. The molecule has 1 aromatic rings. The highest BCUT2D eigenvalue weighted by Crippen LogP contribution is 2.18. The fourth-order valence-electron chi connectivity index (χ4n) is 1.38. The third kappa shape index (κ3) is 5.58. The molecule has 0 aliphatic rings. The van der Waals surface area contributed by atoms with E-state index in [9.17, 15) is 9.59 Å². The minimum atomic E-state index is -1.32. The van der Waals surface area contributed by atoms with Gasteiger partial charge in [-0.15, -0.1) is 6.58 Å². The van der Waals surface area contributed by atoms with Crippen LogP contribution >= 0.6 is 0 Å². The lowest BCUT2D eigenvalue weighted by atomic mass is 10.1. The summed E-state index contributed by atoms with van der Waals surface area (Å²) in [6, 6.07) is 7.10. The lowest BCUT2D eigenvalue weighted by molar-refractivity contribution is -0.121. The van der Waals surface area contributed by atoms with E-state index in [-0.39, 0.29) is 6.42 Å². The van der Waals surface area contributed by atoms with Crippen LogP contribution in [0.1, 0.15) is 12.0 Å². The van der Waals surface area contributed by atoms with Crippen LogP contribution in [0.15, 0.2) is 36.9 Å². The largest absolute Gasteiger partial charge is 0.493 e. The van der Waals surface area contributed by atoms with Crippen LogP contribution in [0.3, 0.4) is 0 Å². The van der Waals surface area contributed by atoms with Gasteiger partial charge in [-0.3, -0.25) is 10.2 Å². The minimum Gasteiger partial charge on any atom is -0.493 e. The molecule has 0 saturated heterocycles. The first-order valence-corrected chi connectivity index (χ1v) is 5.73. The van der Waals surface area contributed by atoms with Gasteiger partial charge in [-0.1, -0.05) is 24.3 Å². The maximum Gasteiger partial charge on any atom is 0.423 e. The Kier molecular flexibility index (Phi) is 5.94. The number of rotatable bonds is 6. The third-order valence-electron chi connectivity index (χ3n) is 2.21. The molecule has 3 N–H and O–H groups in total. The maximum atomic E-state index is 11.5. The summed E-state index contributed by atoms with van der Waals surface area (Å²) < 4.78 is 5.52. The maximum absolute atomic E-state index is 11.5. The first kappa shape index (κ1) is 14.6. The summed E-state index contributed by atoms with van der Waals surface area (Å²) in [6.45, 7) is 4.08. The number of hydrazine groups is 1. The van der Waals surface area contributed by atoms with Gasteiger partial charge in [-0.05, 0) is 12.5 Å². The summed E-state index contributed by atoms with van der Waals surface area (Å²) in [7, 11) is 0. The van der Waals surface area contributed by atoms with Crippen LogP contribution in [0.5, 0.6) is 5.75 Å². The number of hydrogen-bond acceptors (Lipinski definition) is 3. The summed E-state index contributed by atoms with van der Waals surface area (Å²) in [4.78, 5) is 21.7. The number of nitrogens with one attached hydrogen (secondary N) is 2. The Labute approximate surface area is 111 Å².